The number of hydrogen-bond acceptors (Lipinski definition) is 2. The van der Waals surface area contributed by atoms with Gasteiger partial charge >= 0.3 is 12.4 Å². The molecule has 0 aliphatic carbocycles. The monoisotopic (exact) mass is 382 g/mol. The lowest BCUT2D eigenvalue weighted by Crippen LogP contribution is -2.58. The Morgan fingerprint density at radius 2 is 1.08 bits per heavy atom. The molecular formula is C18H20F6O2. The first-order chi connectivity index (χ1) is 11.7. The normalized spacial score (nSPS) is 33.3. The molecule has 146 valence electrons. The predicted molar refractivity (Wildman–Crippen MR) is 81.3 cm³/mol. The van der Waals surface area contributed by atoms with Crippen LogP contribution in [-0.4, -0.2) is 24.6 Å². The van der Waals surface area contributed by atoms with Crippen LogP contribution in [0.3, 0.4) is 0 Å². The highest BCUT2D eigenvalue weighted by Crippen LogP contribution is 2.58. The highest BCUT2D eigenvalue weighted by molar-refractivity contribution is 5.32. The number of rotatable bonds is 2. The van der Waals surface area contributed by atoms with Crippen molar-refractivity contribution in [2.45, 2.75) is 64.5 Å². The van der Waals surface area contributed by atoms with Crippen LogP contribution in [0.15, 0.2) is 24.3 Å². The van der Waals surface area contributed by atoms with Crippen LogP contribution in [0.5, 0.6) is 0 Å². The highest BCUT2D eigenvalue weighted by atomic mass is 19.4. The third-order valence-corrected chi connectivity index (χ3v) is 5.36. The molecule has 2 aliphatic rings. The SMILES string of the molecule is CC1(C)C(c2cccc(C3OC(C(F)(F)F)C3(C)C)c2)OC1C(F)(F)F. The zero-order valence-corrected chi connectivity index (χ0v) is 14.7. The van der Waals surface area contributed by atoms with E-state index in [1.165, 1.54) is 27.7 Å². The molecule has 0 spiro atoms. The first kappa shape index (κ1) is 19.5. The Hall–Kier alpha value is -1.28. The predicted octanol–water partition coefficient (Wildman–Crippen LogP) is 5.74. The summed E-state index contributed by atoms with van der Waals surface area (Å²) in [5.74, 6) is 0. The lowest BCUT2D eigenvalue weighted by molar-refractivity contribution is -0.353. The van der Waals surface area contributed by atoms with Gasteiger partial charge in [0.1, 0.15) is 0 Å². The fraction of sp³-hybridized carbons (Fsp3) is 0.667. The van der Waals surface area contributed by atoms with Gasteiger partial charge in [-0.1, -0.05) is 52.0 Å². The van der Waals surface area contributed by atoms with Crippen LogP contribution >= 0.6 is 0 Å². The van der Waals surface area contributed by atoms with Gasteiger partial charge in [-0.3, -0.25) is 0 Å². The van der Waals surface area contributed by atoms with E-state index in [4.69, 9.17) is 9.47 Å². The molecule has 0 amide bonds. The Labute approximate surface area is 147 Å². The maximum absolute atomic E-state index is 13.0. The first-order valence-corrected chi connectivity index (χ1v) is 8.21. The number of hydrogen-bond donors (Lipinski definition) is 0. The second-order valence-corrected chi connectivity index (χ2v) is 8.19. The van der Waals surface area contributed by atoms with Crippen molar-refractivity contribution in [3.8, 4) is 0 Å². The standard InChI is InChI=1S/C18H20F6O2/c1-15(2)11(25-13(15)17(19,20)21)9-6-5-7-10(8-9)12-16(3,4)14(26-12)18(22,23)24/h5-8,11-14H,1-4H3. The Kier molecular flexibility index (Phi) is 4.20. The number of alkyl halides is 6. The van der Waals surface area contributed by atoms with Crippen molar-refractivity contribution in [3.05, 3.63) is 35.4 Å². The average molecular weight is 382 g/mol. The lowest BCUT2D eigenvalue weighted by Gasteiger charge is -2.53. The smallest absolute Gasteiger partial charge is 0.359 e. The molecule has 2 fully saturated rings. The van der Waals surface area contributed by atoms with Gasteiger partial charge in [-0.2, -0.15) is 26.3 Å². The van der Waals surface area contributed by atoms with Gasteiger partial charge in [0.2, 0.25) is 0 Å². The van der Waals surface area contributed by atoms with E-state index in [2.05, 4.69) is 0 Å². The Bertz CT molecular complexity index is 636. The molecule has 4 atom stereocenters. The van der Waals surface area contributed by atoms with Gasteiger partial charge in [0, 0.05) is 10.8 Å². The third-order valence-electron chi connectivity index (χ3n) is 5.36. The molecule has 0 N–H and O–H groups in total. The van der Waals surface area contributed by atoms with E-state index in [1.54, 1.807) is 24.3 Å². The summed E-state index contributed by atoms with van der Waals surface area (Å²) in [5.41, 5.74) is -1.33. The van der Waals surface area contributed by atoms with Crippen molar-refractivity contribution >= 4 is 0 Å². The topological polar surface area (TPSA) is 18.5 Å². The van der Waals surface area contributed by atoms with Crippen LogP contribution in [0, 0.1) is 10.8 Å². The zero-order valence-electron chi connectivity index (χ0n) is 14.7. The average Bonchev–Trinajstić information content (AvgIpc) is 2.42. The molecule has 0 aromatic heterocycles. The quantitative estimate of drug-likeness (QED) is 0.607. The van der Waals surface area contributed by atoms with Crippen LogP contribution in [0.2, 0.25) is 0 Å². The summed E-state index contributed by atoms with van der Waals surface area (Å²) in [6, 6.07) is 6.42. The minimum atomic E-state index is -4.46. The maximum Gasteiger partial charge on any atom is 0.415 e. The summed E-state index contributed by atoms with van der Waals surface area (Å²) < 4.78 is 87.9. The number of benzene rings is 1. The summed E-state index contributed by atoms with van der Waals surface area (Å²) in [7, 11) is 0. The van der Waals surface area contributed by atoms with Crippen molar-refractivity contribution in [1.29, 1.82) is 0 Å². The summed E-state index contributed by atoms with van der Waals surface area (Å²) in [4.78, 5) is 0. The van der Waals surface area contributed by atoms with Gasteiger partial charge in [-0.15, -0.1) is 0 Å². The number of ether oxygens (including phenoxy) is 2. The molecule has 2 heterocycles. The molecule has 4 unspecified atom stereocenters. The van der Waals surface area contributed by atoms with Gasteiger partial charge in [-0.25, -0.2) is 0 Å². The molecular weight excluding hydrogens is 362 g/mol. The Morgan fingerprint density at radius 1 is 0.731 bits per heavy atom. The van der Waals surface area contributed by atoms with Crippen molar-refractivity contribution in [2.24, 2.45) is 10.8 Å². The van der Waals surface area contributed by atoms with Gasteiger partial charge in [0.15, 0.2) is 12.2 Å². The minimum absolute atomic E-state index is 0.503. The Balaban J connectivity index is 1.81. The van der Waals surface area contributed by atoms with E-state index in [0.29, 0.717) is 11.1 Å². The van der Waals surface area contributed by atoms with E-state index in [-0.39, 0.29) is 0 Å². The second-order valence-electron chi connectivity index (χ2n) is 8.19. The van der Waals surface area contributed by atoms with Crippen LogP contribution in [0.1, 0.15) is 51.0 Å². The first-order valence-electron chi connectivity index (χ1n) is 8.21. The Morgan fingerprint density at radius 3 is 1.35 bits per heavy atom. The third kappa shape index (κ3) is 2.91. The second kappa shape index (κ2) is 5.61. The van der Waals surface area contributed by atoms with Gasteiger partial charge in [0.25, 0.3) is 0 Å². The molecule has 26 heavy (non-hydrogen) atoms. The van der Waals surface area contributed by atoms with E-state index >= 15 is 0 Å². The fourth-order valence-electron chi connectivity index (χ4n) is 4.00. The summed E-state index contributed by atoms with van der Waals surface area (Å²) >= 11 is 0. The zero-order chi connectivity index (χ0) is 19.7. The fourth-order valence-corrected chi connectivity index (χ4v) is 4.00. The molecule has 2 aliphatic heterocycles. The van der Waals surface area contributed by atoms with Crippen LogP contribution in [-0.2, 0) is 9.47 Å². The molecule has 1 aromatic rings. The molecule has 8 heteroatoms. The molecule has 1 aromatic carbocycles. The van der Waals surface area contributed by atoms with Crippen molar-refractivity contribution in [1.82, 2.24) is 0 Å². The maximum atomic E-state index is 13.0. The molecule has 3 rings (SSSR count). The van der Waals surface area contributed by atoms with Gasteiger partial charge in [0.05, 0.1) is 12.2 Å². The van der Waals surface area contributed by atoms with E-state index < -0.39 is 47.6 Å². The summed E-state index contributed by atoms with van der Waals surface area (Å²) in [6.07, 6.45) is -14.2. The lowest BCUT2D eigenvalue weighted by atomic mass is 9.69. The van der Waals surface area contributed by atoms with Gasteiger partial charge < -0.3 is 9.47 Å². The van der Waals surface area contributed by atoms with Crippen LogP contribution < -0.4 is 0 Å². The molecule has 0 bridgehead atoms. The van der Waals surface area contributed by atoms with Gasteiger partial charge in [-0.05, 0) is 11.1 Å². The summed E-state index contributed by atoms with van der Waals surface area (Å²) in [5, 5.41) is 0. The van der Waals surface area contributed by atoms with Crippen LogP contribution in [0.4, 0.5) is 26.3 Å². The minimum Gasteiger partial charge on any atom is -0.359 e. The molecule has 2 saturated heterocycles. The largest absolute Gasteiger partial charge is 0.415 e. The van der Waals surface area contributed by atoms with Crippen LogP contribution in [0.25, 0.3) is 0 Å². The highest BCUT2D eigenvalue weighted by Gasteiger charge is 2.64. The molecule has 0 radical (unpaired) electrons. The molecule has 0 saturated carbocycles. The van der Waals surface area contributed by atoms with E-state index in [9.17, 15) is 26.3 Å². The summed E-state index contributed by atoms with van der Waals surface area (Å²) in [6.45, 7) is 5.87. The van der Waals surface area contributed by atoms with E-state index in [0.717, 1.165) is 0 Å². The van der Waals surface area contributed by atoms with Crippen molar-refractivity contribution < 1.29 is 35.8 Å². The van der Waals surface area contributed by atoms with Crippen molar-refractivity contribution in [2.75, 3.05) is 0 Å². The van der Waals surface area contributed by atoms with Crippen molar-refractivity contribution in [3.63, 3.8) is 0 Å². The van der Waals surface area contributed by atoms with E-state index in [1.807, 2.05) is 0 Å². The number of halogens is 6. The molecule has 2 nitrogen and oxygen atoms in total.